The van der Waals surface area contributed by atoms with E-state index in [2.05, 4.69) is 12.1 Å². The lowest BCUT2D eigenvalue weighted by molar-refractivity contribution is 0.414. The van der Waals surface area contributed by atoms with Crippen molar-refractivity contribution in [3.8, 4) is 16.9 Å². The van der Waals surface area contributed by atoms with E-state index in [1.54, 1.807) is 31.6 Å². The van der Waals surface area contributed by atoms with Crippen molar-refractivity contribution in [2.75, 3.05) is 7.11 Å². The van der Waals surface area contributed by atoms with Crippen LogP contribution in [0.2, 0.25) is 0 Å². The zero-order valence-corrected chi connectivity index (χ0v) is 17.6. The van der Waals surface area contributed by atoms with Gasteiger partial charge in [0.1, 0.15) is 5.75 Å². The maximum absolute atomic E-state index is 13.2. The van der Waals surface area contributed by atoms with Crippen molar-refractivity contribution in [1.29, 1.82) is 0 Å². The SMILES string of the molecule is COc1ccc([C@@H]2c3ccccc3-c3cn(S(=O)(=O)c4ccc(C)cc4)cc32)cc1. The number of fused-ring (bicyclic) bond motifs is 3. The minimum Gasteiger partial charge on any atom is -0.497 e. The van der Waals surface area contributed by atoms with Gasteiger partial charge >= 0.3 is 0 Å². The smallest absolute Gasteiger partial charge is 0.267 e. The van der Waals surface area contributed by atoms with Gasteiger partial charge in [0.05, 0.1) is 12.0 Å². The fourth-order valence-corrected chi connectivity index (χ4v) is 5.41. The molecule has 4 nitrogen and oxygen atoms in total. The summed E-state index contributed by atoms with van der Waals surface area (Å²) in [5.41, 5.74) is 6.35. The van der Waals surface area contributed by atoms with Crippen LogP contribution in [0.3, 0.4) is 0 Å². The molecule has 0 unspecified atom stereocenters. The van der Waals surface area contributed by atoms with Crippen molar-refractivity contribution in [2.24, 2.45) is 0 Å². The van der Waals surface area contributed by atoms with E-state index in [1.165, 1.54) is 9.54 Å². The zero-order valence-electron chi connectivity index (χ0n) is 16.7. The van der Waals surface area contributed by atoms with Crippen molar-refractivity contribution in [2.45, 2.75) is 17.7 Å². The molecule has 0 fully saturated rings. The summed E-state index contributed by atoms with van der Waals surface area (Å²) < 4.78 is 33.1. The molecule has 0 radical (unpaired) electrons. The van der Waals surface area contributed by atoms with Gasteiger partial charge in [0.2, 0.25) is 0 Å². The third kappa shape index (κ3) is 2.85. The van der Waals surface area contributed by atoms with E-state index < -0.39 is 10.0 Å². The molecule has 150 valence electrons. The summed E-state index contributed by atoms with van der Waals surface area (Å²) in [4.78, 5) is 0.288. The first-order valence-corrected chi connectivity index (χ1v) is 11.2. The van der Waals surface area contributed by atoms with Gasteiger partial charge in [-0.15, -0.1) is 0 Å². The molecule has 0 bridgehead atoms. The Morgan fingerprint density at radius 2 is 1.50 bits per heavy atom. The number of benzene rings is 3. The number of nitrogens with zero attached hydrogens (tertiary/aromatic N) is 1. The van der Waals surface area contributed by atoms with E-state index in [9.17, 15) is 8.42 Å². The highest BCUT2D eigenvalue weighted by Gasteiger charge is 2.33. The molecule has 5 heteroatoms. The van der Waals surface area contributed by atoms with Crippen LogP contribution in [0.5, 0.6) is 5.75 Å². The lowest BCUT2D eigenvalue weighted by atomic mass is 9.90. The molecule has 0 aliphatic heterocycles. The average molecular weight is 416 g/mol. The Balaban J connectivity index is 1.66. The second-order valence-corrected chi connectivity index (χ2v) is 9.41. The molecular formula is C25H21NO3S. The van der Waals surface area contributed by atoms with Crippen molar-refractivity contribution in [3.63, 3.8) is 0 Å². The second-order valence-electron chi connectivity index (χ2n) is 7.57. The van der Waals surface area contributed by atoms with Crippen LogP contribution in [-0.2, 0) is 10.0 Å². The third-order valence-electron chi connectivity index (χ3n) is 5.75. The molecule has 3 aromatic carbocycles. The monoisotopic (exact) mass is 415 g/mol. The second kappa shape index (κ2) is 6.89. The summed E-state index contributed by atoms with van der Waals surface area (Å²) in [6.45, 7) is 1.94. The highest BCUT2D eigenvalue weighted by Crippen LogP contribution is 2.48. The van der Waals surface area contributed by atoms with Gasteiger partial charge in [0.25, 0.3) is 10.0 Å². The first-order valence-electron chi connectivity index (χ1n) is 9.76. The topological polar surface area (TPSA) is 48.3 Å². The molecule has 0 saturated heterocycles. The quantitative estimate of drug-likeness (QED) is 0.405. The Bertz CT molecular complexity index is 1330. The predicted octanol–water partition coefficient (Wildman–Crippen LogP) is 5.20. The van der Waals surface area contributed by atoms with E-state index >= 15 is 0 Å². The first kappa shape index (κ1) is 18.7. The van der Waals surface area contributed by atoms with E-state index in [-0.39, 0.29) is 10.8 Å². The Hall–Kier alpha value is -3.31. The minimum atomic E-state index is -3.66. The van der Waals surface area contributed by atoms with Crippen LogP contribution in [0.15, 0.2) is 90.1 Å². The van der Waals surface area contributed by atoms with Crippen molar-refractivity contribution >= 4 is 10.0 Å². The summed E-state index contributed by atoms with van der Waals surface area (Å²) in [6, 6.07) is 23.1. The molecule has 30 heavy (non-hydrogen) atoms. The zero-order chi connectivity index (χ0) is 20.9. The lowest BCUT2D eigenvalue weighted by Crippen LogP contribution is -2.11. The molecule has 0 saturated carbocycles. The van der Waals surface area contributed by atoms with Gasteiger partial charge in [-0.3, -0.25) is 0 Å². The summed E-state index contributed by atoms with van der Waals surface area (Å²) in [7, 11) is -2.01. The molecule has 0 N–H and O–H groups in total. The van der Waals surface area contributed by atoms with Crippen LogP contribution in [-0.4, -0.2) is 19.5 Å². The summed E-state index contributed by atoms with van der Waals surface area (Å²) in [6.07, 6.45) is 3.51. The van der Waals surface area contributed by atoms with Crippen LogP contribution in [0.1, 0.15) is 28.2 Å². The van der Waals surface area contributed by atoms with E-state index in [0.29, 0.717) is 0 Å². The number of methoxy groups -OCH3 is 1. The normalized spacial score (nSPS) is 14.9. The fourth-order valence-electron chi connectivity index (χ4n) is 4.19. The van der Waals surface area contributed by atoms with Crippen LogP contribution < -0.4 is 4.74 Å². The highest BCUT2D eigenvalue weighted by molar-refractivity contribution is 7.90. The Labute approximate surface area is 176 Å². The molecule has 4 aromatic rings. The molecule has 1 aliphatic rings. The van der Waals surface area contributed by atoms with Gasteiger partial charge in [0, 0.05) is 23.9 Å². The largest absolute Gasteiger partial charge is 0.497 e. The van der Waals surface area contributed by atoms with Gasteiger partial charge in [-0.05, 0) is 53.4 Å². The number of hydrogen-bond donors (Lipinski definition) is 0. The molecule has 1 atom stereocenters. The minimum absolute atomic E-state index is 0.0171. The predicted molar refractivity (Wildman–Crippen MR) is 118 cm³/mol. The van der Waals surface area contributed by atoms with Crippen molar-refractivity contribution < 1.29 is 13.2 Å². The standard InChI is InChI=1S/C25H21NO3S/c1-17-7-13-20(14-8-17)30(27,28)26-15-23-21-5-3-4-6-22(21)25(24(23)16-26)18-9-11-19(29-2)12-10-18/h3-16,25H,1-2H3/t25-/m1/s1. The first-order chi connectivity index (χ1) is 14.5. The van der Waals surface area contributed by atoms with Crippen LogP contribution in [0.4, 0.5) is 0 Å². The maximum atomic E-state index is 13.2. The van der Waals surface area contributed by atoms with E-state index in [4.69, 9.17) is 4.74 Å². The number of ether oxygens (including phenoxy) is 1. The molecule has 1 aromatic heterocycles. The Morgan fingerprint density at radius 1 is 0.800 bits per heavy atom. The van der Waals surface area contributed by atoms with Crippen LogP contribution in [0, 0.1) is 6.92 Å². The van der Waals surface area contributed by atoms with Gasteiger partial charge in [0.15, 0.2) is 0 Å². The van der Waals surface area contributed by atoms with Crippen molar-refractivity contribution in [3.05, 3.63) is 107 Å². The molecule has 0 spiro atoms. The number of aromatic nitrogens is 1. The average Bonchev–Trinajstić information content (AvgIpc) is 3.32. The number of aryl methyl sites for hydroxylation is 1. The number of hydrogen-bond acceptors (Lipinski definition) is 3. The van der Waals surface area contributed by atoms with Crippen LogP contribution >= 0.6 is 0 Å². The van der Waals surface area contributed by atoms with Gasteiger partial charge in [-0.25, -0.2) is 12.4 Å². The van der Waals surface area contributed by atoms with Gasteiger partial charge in [-0.2, -0.15) is 0 Å². The van der Waals surface area contributed by atoms with E-state index in [0.717, 1.165) is 33.6 Å². The lowest BCUT2D eigenvalue weighted by Gasteiger charge is -2.15. The molecule has 1 heterocycles. The van der Waals surface area contributed by atoms with Crippen LogP contribution in [0.25, 0.3) is 11.1 Å². The fraction of sp³-hybridized carbons (Fsp3) is 0.120. The molecule has 0 amide bonds. The Morgan fingerprint density at radius 3 is 2.20 bits per heavy atom. The van der Waals surface area contributed by atoms with Gasteiger partial charge in [-0.1, -0.05) is 54.1 Å². The maximum Gasteiger partial charge on any atom is 0.267 e. The highest BCUT2D eigenvalue weighted by atomic mass is 32.2. The van der Waals surface area contributed by atoms with Crippen molar-refractivity contribution in [1.82, 2.24) is 3.97 Å². The summed E-state index contributed by atoms with van der Waals surface area (Å²) in [5, 5.41) is 0. The Kier molecular flexibility index (Phi) is 4.29. The summed E-state index contributed by atoms with van der Waals surface area (Å²) >= 11 is 0. The van der Waals surface area contributed by atoms with E-state index in [1.807, 2.05) is 55.5 Å². The summed E-state index contributed by atoms with van der Waals surface area (Å²) in [5.74, 6) is 0.779. The molecule has 5 rings (SSSR count). The third-order valence-corrected chi connectivity index (χ3v) is 7.39. The van der Waals surface area contributed by atoms with Gasteiger partial charge < -0.3 is 4.74 Å². The molecule has 1 aliphatic carbocycles. The number of rotatable bonds is 4. The molecular weight excluding hydrogens is 394 g/mol.